The van der Waals surface area contributed by atoms with Crippen LogP contribution >= 0.6 is 0 Å². The maximum atomic E-state index is 12.5. The summed E-state index contributed by atoms with van der Waals surface area (Å²) in [6.07, 6.45) is 3.27. The first-order valence-electron chi connectivity index (χ1n) is 7.52. The summed E-state index contributed by atoms with van der Waals surface area (Å²) in [4.78, 5) is 12.5. The number of carbonyl (C=O) groups is 1. The van der Waals surface area contributed by atoms with Crippen molar-refractivity contribution >= 4 is 5.91 Å². The summed E-state index contributed by atoms with van der Waals surface area (Å²) in [6.45, 7) is 6.78. The van der Waals surface area contributed by atoms with Gasteiger partial charge in [0.05, 0.1) is 6.54 Å². The second-order valence-corrected chi connectivity index (χ2v) is 6.56. The van der Waals surface area contributed by atoms with Crippen molar-refractivity contribution in [3.63, 3.8) is 0 Å². The fourth-order valence-electron chi connectivity index (χ4n) is 2.99. The van der Waals surface area contributed by atoms with Gasteiger partial charge in [-0.05, 0) is 49.3 Å². The van der Waals surface area contributed by atoms with Gasteiger partial charge in [0.1, 0.15) is 0 Å². The molecule has 1 aliphatic rings. The second-order valence-electron chi connectivity index (χ2n) is 6.56. The zero-order valence-electron chi connectivity index (χ0n) is 13.1. The number of nitrogens with one attached hydrogen (secondary N) is 1. The summed E-state index contributed by atoms with van der Waals surface area (Å²) in [7, 11) is 0. The Kier molecular flexibility index (Phi) is 4.69. The molecule has 21 heavy (non-hydrogen) atoms. The van der Waals surface area contributed by atoms with Gasteiger partial charge in [0.25, 0.3) is 5.91 Å². The van der Waals surface area contributed by atoms with Crippen molar-refractivity contribution in [2.75, 3.05) is 6.54 Å². The molecule has 1 aliphatic carbocycles. The number of hydrogen-bond donors (Lipinski definition) is 2. The predicted octanol–water partition coefficient (Wildman–Crippen LogP) is 2.61. The Labute approximate surface area is 127 Å². The molecule has 0 aromatic heterocycles. The van der Waals surface area contributed by atoms with Crippen molar-refractivity contribution in [3.05, 3.63) is 34.9 Å². The van der Waals surface area contributed by atoms with Crippen LogP contribution in [0.5, 0.6) is 0 Å². The van der Waals surface area contributed by atoms with E-state index in [0.29, 0.717) is 17.5 Å². The average Bonchev–Trinajstić information content (AvgIpc) is 2.76. The van der Waals surface area contributed by atoms with Crippen LogP contribution in [-0.2, 0) is 0 Å². The zero-order valence-corrected chi connectivity index (χ0v) is 13.1. The van der Waals surface area contributed by atoms with E-state index < -0.39 is 0 Å². The summed E-state index contributed by atoms with van der Waals surface area (Å²) in [5, 5.41) is 3.16. The van der Waals surface area contributed by atoms with Crippen LogP contribution in [0.3, 0.4) is 0 Å². The lowest BCUT2D eigenvalue weighted by Gasteiger charge is -2.18. The van der Waals surface area contributed by atoms with E-state index in [4.69, 9.17) is 5.73 Å². The quantitative estimate of drug-likeness (QED) is 0.820. The van der Waals surface area contributed by atoms with E-state index in [0.717, 1.165) is 24.0 Å². The molecule has 1 atom stereocenters. The summed E-state index contributed by atoms with van der Waals surface area (Å²) in [6, 6.07) is 5.94. The summed E-state index contributed by atoms with van der Waals surface area (Å²) in [5.41, 5.74) is 8.25. The van der Waals surface area contributed by atoms with E-state index in [1.54, 1.807) is 0 Å². The highest BCUT2D eigenvalue weighted by Crippen LogP contribution is 2.37. The van der Waals surface area contributed by atoms with Gasteiger partial charge in [0.15, 0.2) is 0 Å². The molecule has 3 heteroatoms. The minimum Gasteiger partial charge on any atom is -0.349 e. The Morgan fingerprint density at radius 3 is 2.86 bits per heavy atom. The van der Waals surface area contributed by atoms with E-state index in [9.17, 15) is 4.79 Å². The van der Waals surface area contributed by atoms with Crippen molar-refractivity contribution in [2.24, 2.45) is 11.1 Å². The van der Waals surface area contributed by atoms with Crippen LogP contribution in [0, 0.1) is 24.2 Å². The van der Waals surface area contributed by atoms with E-state index in [2.05, 4.69) is 31.0 Å². The lowest BCUT2D eigenvalue weighted by atomic mass is 9.92. The highest BCUT2D eigenvalue weighted by molar-refractivity contribution is 5.96. The molecule has 0 aliphatic heterocycles. The van der Waals surface area contributed by atoms with Gasteiger partial charge in [0, 0.05) is 17.2 Å². The molecule has 1 fully saturated rings. The van der Waals surface area contributed by atoms with Crippen LogP contribution in [-0.4, -0.2) is 18.5 Å². The van der Waals surface area contributed by atoms with Gasteiger partial charge in [-0.25, -0.2) is 0 Å². The Bertz CT molecular complexity index is 593. The molecule has 0 heterocycles. The zero-order chi connectivity index (χ0) is 15.5. The maximum absolute atomic E-state index is 12.5. The van der Waals surface area contributed by atoms with Crippen molar-refractivity contribution in [1.29, 1.82) is 0 Å². The molecular formula is C18H24N2O. The van der Waals surface area contributed by atoms with Gasteiger partial charge in [-0.1, -0.05) is 31.8 Å². The fraction of sp³-hybridized carbons (Fsp3) is 0.500. The van der Waals surface area contributed by atoms with Crippen LogP contribution in [0.2, 0.25) is 0 Å². The van der Waals surface area contributed by atoms with Crippen LogP contribution in [0.1, 0.15) is 54.6 Å². The first kappa shape index (κ1) is 15.6. The van der Waals surface area contributed by atoms with E-state index in [-0.39, 0.29) is 11.9 Å². The van der Waals surface area contributed by atoms with E-state index in [1.807, 2.05) is 25.1 Å². The first-order chi connectivity index (χ1) is 9.93. The van der Waals surface area contributed by atoms with Crippen molar-refractivity contribution in [3.8, 4) is 11.8 Å². The van der Waals surface area contributed by atoms with Crippen LogP contribution in [0.25, 0.3) is 0 Å². The number of benzene rings is 1. The largest absolute Gasteiger partial charge is 0.349 e. The summed E-state index contributed by atoms with van der Waals surface area (Å²) < 4.78 is 0. The Hall–Kier alpha value is -1.79. The molecule has 1 saturated carbocycles. The molecule has 0 spiro atoms. The van der Waals surface area contributed by atoms with Gasteiger partial charge in [-0.2, -0.15) is 0 Å². The molecular weight excluding hydrogens is 260 g/mol. The molecule has 3 nitrogen and oxygen atoms in total. The highest BCUT2D eigenvalue weighted by Gasteiger charge is 2.31. The normalized spacial score (nSPS) is 19.7. The van der Waals surface area contributed by atoms with Crippen molar-refractivity contribution < 1.29 is 4.79 Å². The van der Waals surface area contributed by atoms with E-state index in [1.165, 1.54) is 6.42 Å². The molecule has 0 saturated heterocycles. The molecule has 2 rings (SSSR count). The molecule has 1 aromatic rings. The topological polar surface area (TPSA) is 55.1 Å². The van der Waals surface area contributed by atoms with Crippen LogP contribution in [0.15, 0.2) is 18.2 Å². The van der Waals surface area contributed by atoms with Gasteiger partial charge in [0.2, 0.25) is 0 Å². The molecule has 3 N–H and O–H groups in total. The molecule has 1 unspecified atom stereocenters. The van der Waals surface area contributed by atoms with Crippen molar-refractivity contribution in [1.82, 2.24) is 5.32 Å². The van der Waals surface area contributed by atoms with Crippen molar-refractivity contribution in [2.45, 2.75) is 46.1 Å². The number of hydrogen-bond acceptors (Lipinski definition) is 2. The number of nitrogens with two attached hydrogens (primary N) is 1. The van der Waals surface area contributed by atoms with Gasteiger partial charge in [-0.15, -0.1) is 0 Å². The minimum atomic E-state index is 0.00611. The third kappa shape index (κ3) is 3.86. The lowest BCUT2D eigenvalue weighted by Crippen LogP contribution is -2.34. The number of amides is 1. The fourth-order valence-corrected chi connectivity index (χ4v) is 2.99. The van der Waals surface area contributed by atoms with Gasteiger partial charge >= 0.3 is 0 Å². The monoisotopic (exact) mass is 284 g/mol. The Balaban J connectivity index is 2.13. The Morgan fingerprint density at radius 2 is 2.24 bits per heavy atom. The van der Waals surface area contributed by atoms with Crippen LogP contribution in [0.4, 0.5) is 0 Å². The first-order valence-corrected chi connectivity index (χ1v) is 7.52. The predicted molar refractivity (Wildman–Crippen MR) is 86.0 cm³/mol. The molecule has 0 bridgehead atoms. The standard InChI is InChI=1S/C18H24N2O/c1-13-14(7-5-11-19)6-4-8-16(13)17(21)20-15-9-10-18(2,3)12-15/h4,6,8,15H,9-12,19H2,1-3H3,(H,20,21). The number of carbonyl (C=O) groups excluding carboxylic acids is 1. The van der Waals surface area contributed by atoms with E-state index >= 15 is 0 Å². The SMILES string of the molecule is Cc1c(C#CCN)cccc1C(=O)NC1CCC(C)(C)C1. The second kappa shape index (κ2) is 6.32. The smallest absolute Gasteiger partial charge is 0.251 e. The number of rotatable bonds is 2. The maximum Gasteiger partial charge on any atom is 0.251 e. The minimum absolute atomic E-state index is 0.00611. The average molecular weight is 284 g/mol. The van der Waals surface area contributed by atoms with Gasteiger partial charge < -0.3 is 11.1 Å². The summed E-state index contributed by atoms with van der Waals surface area (Å²) >= 11 is 0. The Morgan fingerprint density at radius 1 is 1.48 bits per heavy atom. The van der Waals surface area contributed by atoms with Crippen LogP contribution < -0.4 is 11.1 Å². The highest BCUT2D eigenvalue weighted by atomic mass is 16.1. The third-order valence-electron chi connectivity index (χ3n) is 4.21. The molecule has 112 valence electrons. The molecule has 1 aromatic carbocycles. The summed E-state index contributed by atoms with van der Waals surface area (Å²) in [5.74, 6) is 5.87. The van der Waals surface area contributed by atoms with Gasteiger partial charge in [-0.3, -0.25) is 4.79 Å². The molecule has 1 amide bonds. The third-order valence-corrected chi connectivity index (χ3v) is 4.21. The lowest BCUT2D eigenvalue weighted by molar-refractivity contribution is 0.0935. The molecule has 0 radical (unpaired) electrons.